The Kier molecular flexibility index (Phi) is 25.6. The maximum atomic E-state index is 14.2. The third kappa shape index (κ3) is 16.7. The smallest absolute Gasteiger partial charge is 0.351 e. The Morgan fingerprint density at radius 3 is 1.59 bits per heavy atom. The van der Waals surface area contributed by atoms with E-state index in [-0.39, 0.29) is 74.2 Å². The number of aliphatic hydroxyl groups is 8. The van der Waals surface area contributed by atoms with Crippen molar-refractivity contribution >= 4 is 91.8 Å². The summed E-state index contributed by atoms with van der Waals surface area (Å²) in [4.78, 5) is 89.9. The number of aromatic amines is 2. The van der Waals surface area contributed by atoms with E-state index in [2.05, 4.69) is 64.9 Å². The molecule has 0 radical (unpaired) electrons. The first kappa shape index (κ1) is 81.4. The molecule has 6 aliphatic heterocycles. The summed E-state index contributed by atoms with van der Waals surface area (Å²) < 4.78 is 76.1. The molecule has 16 rings (SSSR count). The minimum Gasteiger partial charge on any atom is -0.388 e. The van der Waals surface area contributed by atoms with Crippen molar-refractivity contribution in [3.05, 3.63) is 126 Å². The Morgan fingerprint density at radius 2 is 1.13 bits per heavy atom. The van der Waals surface area contributed by atoms with Gasteiger partial charge in [-0.25, -0.2) is 43.2 Å². The number of amides is 1. The number of hydrogen-bond acceptors (Lipinski definition) is 35. The predicted molar refractivity (Wildman–Crippen MR) is 378 cm³/mol. The van der Waals surface area contributed by atoms with Gasteiger partial charge in [-0.3, -0.25) is 28.1 Å². The van der Waals surface area contributed by atoms with Crippen molar-refractivity contribution in [1.82, 2.24) is 83.3 Å². The molecule has 0 saturated carbocycles. The van der Waals surface area contributed by atoms with Crippen LogP contribution in [0, 0.1) is 6.92 Å². The van der Waals surface area contributed by atoms with Crippen LogP contribution in [-0.4, -0.2) is 260 Å². The number of alkyl halides is 2. The molecule has 0 bridgehead atoms. The number of aliphatic hydroxyl groups excluding tert-OH is 8. The Morgan fingerprint density at radius 1 is 0.606 bits per heavy atom. The topological polar surface area (TPSA) is 601 Å². The number of anilines is 3. The van der Waals surface area contributed by atoms with Crippen LogP contribution in [0.5, 0.6) is 0 Å². The lowest BCUT2D eigenvalue weighted by atomic mass is 10.00. The van der Waals surface area contributed by atoms with Gasteiger partial charge in [-0.1, -0.05) is 37.8 Å². The van der Waals surface area contributed by atoms with Crippen LogP contribution in [-0.2, 0) is 50.7 Å². The van der Waals surface area contributed by atoms with Crippen LogP contribution in [0.3, 0.4) is 0 Å². The fourth-order valence-electron chi connectivity index (χ4n) is 12.8. The van der Waals surface area contributed by atoms with Gasteiger partial charge < -0.3 is 112 Å². The second-order valence-electron chi connectivity index (χ2n) is 25.5. The van der Waals surface area contributed by atoms with Gasteiger partial charge in [-0.05, 0) is 69.7 Å². The number of hydrogen-bond donors (Lipinski definition) is 14. The number of H-pyrrole nitrogens is 2. The number of aromatic nitrogens is 17. The lowest BCUT2D eigenvalue weighted by Gasteiger charge is -2.16. The highest BCUT2D eigenvalue weighted by Gasteiger charge is 2.49. The monoisotopic (exact) mass is 1590 g/mol. The van der Waals surface area contributed by atoms with Gasteiger partial charge in [0.2, 0.25) is 22.0 Å². The van der Waals surface area contributed by atoms with E-state index in [1.165, 1.54) is 64.2 Å². The van der Waals surface area contributed by atoms with E-state index in [0.29, 0.717) is 76.1 Å². The number of halogens is 4. The molecule has 590 valence electrons. The Labute approximate surface area is 628 Å². The van der Waals surface area contributed by atoms with Crippen LogP contribution in [0.25, 0.3) is 33.5 Å². The van der Waals surface area contributed by atoms with Crippen LogP contribution in [0.1, 0.15) is 104 Å². The van der Waals surface area contributed by atoms with Gasteiger partial charge in [-0.15, -0.1) is 5.10 Å². The summed E-state index contributed by atoms with van der Waals surface area (Å²) >= 11 is 13.0. The molecule has 1 amide bonds. The molecule has 8 aromatic heterocycles. The van der Waals surface area contributed by atoms with E-state index in [1.54, 1.807) is 34.1 Å². The highest BCUT2D eigenvalue weighted by molar-refractivity contribution is 7.99. The van der Waals surface area contributed by atoms with Crippen molar-refractivity contribution in [3.63, 3.8) is 0 Å². The summed E-state index contributed by atoms with van der Waals surface area (Å²) in [5, 5.41) is 81.9. The number of allylic oxidation sites excluding steroid dienone is 2. The Balaban J connectivity index is 0.000000130. The number of nitrogens with zero attached hydrogens (tertiary/aromatic N) is 15. The minimum atomic E-state index is -1.58. The summed E-state index contributed by atoms with van der Waals surface area (Å²) in [6.45, 7) is 8.80. The number of fused-ring (bicyclic) bond motifs is 4. The molecule has 2 unspecified atom stereocenters. The number of nitrogens with one attached hydrogen (secondary N) is 2. The number of thioether (sulfide) groups is 1. The van der Waals surface area contributed by atoms with Crippen molar-refractivity contribution in [1.29, 1.82) is 0 Å². The first-order chi connectivity index (χ1) is 51.9. The number of rotatable bonds is 11. The summed E-state index contributed by atoms with van der Waals surface area (Å²) in [6, 6.07) is 0. The molecule has 6 fully saturated rings. The van der Waals surface area contributed by atoms with E-state index >= 15 is 0 Å². The Hall–Kier alpha value is -8.62. The zero-order chi connectivity index (χ0) is 78.9. The molecule has 0 spiro atoms. The molecule has 8 aliphatic rings. The second-order valence-corrected chi connectivity index (χ2v) is 27.3. The standard InChI is InChI=1S/C13H16N2O4.C12H14N2O4.C11H13ClFN5O2.C10H11ClFN5O2.C9H13N3O3S.C8H12N4O5/c1-2-8-10(16)11(17)12(19-8)6-3-4-7-9(6)14-5-15-13(7)18;1-5-9(15)10(16)11(18-5)6-2-3-7-8(6)13-4-14-12(7)17;1-2-4-7(19)5(13)10(20-4)18-3-15-6-8(14)16-11(12)17-9(6)18;1-3-6(18)4(12)9(19-3)17-2-14-5-7(13)15-10(11)16-8(5)17;1-5-3-12(8(13)11-7(5)10)6-4-16-9(14-2)15-6;1-16-8-4(14)3(13)7(17-8)12-2-10-6(11-12)5(9)15/h3,5,8,10-12,16-17H,2,4H2,1H3,(H,14,15,18);2,4-5,9-11,15-16H,3H2,1H3,(H,13,14,17);3-5,7,10,19H,2H2,1H3,(H2,14,16,17);2-4,6,9,18H,1H3,(H2,13,15,16);3,6,9H,4H2,1-2H3,(H2,10,11,13);2-4,7-8,13-14H,1H3,(H2,9,15)/t8-,10-,11-,12+;5-,9-,10-,11+;4-,5+,7-,10-;3-,4+,6-,9-;;3-,4+,7-,8+/m1111.1/s1. The highest BCUT2D eigenvalue weighted by Crippen LogP contribution is 2.40. The zero-order valence-corrected chi connectivity index (χ0v) is 61.1. The number of nitrogen functional groups attached to an aromatic ring is 3. The van der Waals surface area contributed by atoms with Crippen LogP contribution in [0.4, 0.5) is 26.2 Å². The largest absolute Gasteiger partial charge is 0.388 e. The fourth-order valence-corrected chi connectivity index (χ4v) is 14.0. The molecule has 18 N–H and O–H groups in total. The number of ether oxygens (including phenoxy) is 8. The number of carbonyl (C=O) groups is 1. The molecule has 8 aromatic rings. The maximum absolute atomic E-state index is 14.2. The first-order valence-corrected chi connectivity index (χ1v) is 35.4. The summed E-state index contributed by atoms with van der Waals surface area (Å²) in [5.74, 6) is 0.144. The third-order valence-corrected chi connectivity index (χ3v) is 20.0. The number of carbonyl (C=O) groups excluding carboxylic acids is 1. The van der Waals surface area contributed by atoms with E-state index in [9.17, 15) is 68.8 Å². The SMILES string of the molecule is CC[C@H]1O[C@@H](C2=CCc3c2nc[nH]c3=O)[C@H](O)[C@@H]1O.CC[C@H]1O[C@@H](n2cnc3c(N)nc(Cl)nc32)[C@@H](F)[C@@H]1O.COC1OC(n2cc(C)c(N)nc2=O)CS1.CO[C@H]1O[C@@H](n2cnc(C(N)=O)n2)[C@H](O)[C@@H]1O.C[C@H]1O[C@@H](C2=CCc3c2nc[nH]c3=O)[C@H](O)[C@@H]1O.C[C@H]1O[C@@H](n2cnc3c(N)nc(Cl)nc32)[C@@H](F)[C@@H]1O. The van der Waals surface area contributed by atoms with Crippen LogP contribution in [0.2, 0.25) is 10.6 Å². The number of nitrogens with two attached hydrogens (primary N) is 4. The van der Waals surface area contributed by atoms with Crippen LogP contribution < -0.4 is 39.7 Å². The molecule has 109 heavy (non-hydrogen) atoms. The van der Waals surface area contributed by atoms with E-state index in [1.807, 2.05) is 26.0 Å². The maximum Gasteiger partial charge on any atom is 0.351 e. The fraction of sp³-hybridized carbons (Fsp3) is 0.540. The quantitative estimate of drug-likeness (QED) is 0.0655. The van der Waals surface area contributed by atoms with Gasteiger partial charge >= 0.3 is 5.69 Å². The van der Waals surface area contributed by atoms with E-state index in [4.69, 9.17) is 84.0 Å². The average molecular weight is 1590 g/mol. The van der Waals surface area contributed by atoms with E-state index in [0.717, 1.165) is 10.2 Å². The Bertz CT molecular complexity index is 4830. The van der Waals surface area contributed by atoms with Gasteiger partial charge in [0.15, 0.2) is 66.5 Å². The summed E-state index contributed by atoms with van der Waals surface area (Å²) in [5.41, 5.74) is 26.4. The van der Waals surface area contributed by atoms with Gasteiger partial charge in [0.25, 0.3) is 17.0 Å². The van der Waals surface area contributed by atoms with Crippen molar-refractivity contribution < 1.29 is 92.3 Å². The number of aryl methyl sites for hydroxylation is 1. The summed E-state index contributed by atoms with van der Waals surface area (Å²) in [7, 11) is 2.90. The molecule has 2 aliphatic carbocycles. The van der Waals surface area contributed by atoms with Crippen molar-refractivity contribution in [2.24, 2.45) is 5.73 Å². The number of methoxy groups -OCH3 is 2. The van der Waals surface area contributed by atoms with Crippen molar-refractivity contribution in [2.75, 3.05) is 37.2 Å². The zero-order valence-electron chi connectivity index (χ0n) is 58.8. The number of primary amides is 1. The van der Waals surface area contributed by atoms with Crippen molar-refractivity contribution in [2.45, 2.75) is 195 Å². The molecule has 14 heterocycles. The third-order valence-electron chi connectivity index (χ3n) is 18.6. The van der Waals surface area contributed by atoms with Gasteiger partial charge in [0.05, 0.1) is 61.1 Å². The highest BCUT2D eigenvalue weighted by atomic mass is 35.5. The lowest BCUT2D eigenvalue weighted by Crippen LogP contribution is -2.32. The van der Waals surface area contributed by atoms with Gasteiger partial charge in [-0.2, -0.15) is 24.9 Å². The van der Waals surface area contributed by atoms with E-state index < -0.39 is 128 Å². The van der Waals surface area contributed by atoms with Crippen molar-refractivity contribution in [3.8, 4) is 0 Å². The molecule has 41 nitrogen and oxygen atoms in total. The molecule has 22 atom stereocenters. The number of imidazole rings is 2. The molecule has 0 aromatic carbocycles. The molecular formula is C63H79Cl2F2N21O20S. The van der Waals surface area contributed by atoms with Crippen LogP contribution >= 0.6 is 35.0 Å². The lowest BCUT2D eigenvalue weighted by molar-refractivity contribution is -0.163. The average Bonchev–Trinajstić information content (AvgIpc) is 1.64. The molecule has 46 heteroatoms. The summed E-state index contributed by atoms with van der Waals surface area (Å²) in [6.07, 6.45) is -5.34. The minimum absolute atomic E-state index is 0.0576. The predicted octanol–water partition coefficient (Wildman–Crippen LogP) is -1.50. The molecule has 6 saturated heterocycles. The molecular weight excluding hydrogens is 1510 g/mol. The second kappa shape index (κ2) is 34.3. The van der Waals surface area contributed by atoms with Crippen LogP contribution in [0.15, 0.2) is 64.4 Å². The normalized spacial score (nSPS) is 31.3. The van der Waals surface area contributed by atoms with Gasteiger partial charge in [0.1, 0.15) is 84.2 Å². The first-order valence-electron chi connectivity index (χ1n) is 33.6. The van der Waals surface area contributed by atoms with Gasteiger partial charge in [0, 0.05) is 54.0 Å².